The molecule has 1 unspecified atom stereocenters. The van der Waals surface area contributed by atoms with Crippen LogP contribution in [0.2, 0.25) is 5.02 Å². The Morgan fingerprint density at radius 3 is 2.05 bits per heavy atom. The number of hydrogen-bond acceptors (Lipinski definition) is 1. The molecule has 1 aromatic rings. The number of allylic oxidation sites excluding steroid dienone is 1. The minimum Gasteiger partial charge on any atom is -0.293 e. The van der Waals surface area contributed by atoms with Crippen LogP contribution < -0.4 is 0 Å². The maximum Gasteiger partial charge on any atom is 0.295 e. The minimum absolute atomic E-state index is 0.184. The molecule has 1 nitrogen and oxygen atoms in total. The molecule has 0 fully saturated rings. The number of carbonyl (C=O) groups excluding carboxylic acids is 1. The van der Waals surface area contributed by atoms with Crippen LogP contribution in [-0.2, 0) is 0 Å². The number of hydrogen-bond donors (Lipinski definition) is 0. The standard InChI is InChI=1S/C11H10ClF5OS/c1-2-3-10(19(13,14,15,16)17)11(18)8-4-6-9(12)7-5-8/h2,4-7,10H,1,3H2. The molecule has 0 aliphatic rings. The molecule has 0 aromatic heterocycles. The van der Waals surface area contributed by atoms with Gasteiger partial charge in [0.1, 0.15) is 0 Å². The number of carbonyl (C=O) groups is 1. The van der Waals surface area contributed by atoms with Gasteiger partial charge in [0.05, 0.1) is 0 Å². The van der Waals surface area contributed by atoms with Gasteiger partial charge < -0.3 is 0 Å². The van der Waals surface area contributed by atoms with E-state index in [4.69, 9.17) is 11.6 Å². The quantitative estimate of drug-likeness (QED) is 0.382. The van der Waals surface area contributed by atoms with Crippen molar-refractivity contribution in [3.05, 3.63) is 47.5 Å². The first-order valence-electron chi connectivity index (χ1n) is 4.99. The monoisotopic (exact) mass is 320 g/mol. The van der Waals surface area contributed by atoms with Gasteiger partial charge in [-0.3, -0.25) is 4.79 Å². The number of benzene rings is 1. The summed E-state index contributed by atoms with van der Waals surface area (Å²) in [4.78, 5) is 11.6. The zero-order valence-corrected chi connectivity index (χ0v) is 11.0. The van der Waals surface area contributed by atoms with Gasteiger partial charge in [-0.05, 0) is 30.7 Å². The summed E-state index contributed by atoms with van der Waals surface area (Å²) in [6, 6.07) is 4.27. The molecular formula is C11H10ClF5OS. The number of ketones is 1. The summed E-state index contributed by atoms with van der Waals surface area (Å²) in [5, 5.41) is -3.18. The van der Waals surface area contributed by atoms with Gasteiger partial charge in [0.25, 0.3) is 10.2 Å². The van der Waals surface area contributed by atoms with Crippen molar-refractivity contribution in [1.29, 1.82) is 0 Å². The van der Waals surface area contributed by atoms with Crippen LogP contribution in [0.25, 0.3) is 0 Å². The first-order valence-corrected chi connectivity index (χ1v) is 7.38. The van der Waals surface area contributed by atoms with Crippen LogP contribution in [0.1, 0.15) is 16.8 Å². The molecule has 8 heteroatoms. The Hall–Kier alpha value is -1.08. The summed E-state index contributed by atoms with van der Waals surface area (Å²) in [6.07, 6.45) is -0.518. The SMILES string of the molecule is C=CCC(C(=O)c1ccc(Cl)cc1)S(F)(F)(F)(F)F. The third-order valence-corrected chi connectivity index (χ3v) is 4.07. The molecule has 0 heterocycles. The van der Waals surface area contributed by atoms with E-state index in [1.807, 2.05) is 0 Å². The van der Waals surface area contributed by atoms with Gasteiger partial charge in [0, 0.05) is 10.6 Å². The molecule has 0 saturated heterocycles. The second kappa shape index (κ2) is 4.21. The maximum atomic E-state index is 12.8. The average molecular weight is 321 g/mol. The lowest BCUT2D eigenvalue weighted by molar-refractivity contribution is 0.0972. The van der Waals surface area contributed by atoms with Gasteiger partial charge in [0.2, 0.25) is 0 Å². The lowest BCUT2D eigenvalue weighted by Gasteiger charge is -2.45. The Kier molecular flexibility index (Phi) is 3.54. The number of Topliss-reactive ketones (excluding diaryl/α,β-unsaturated/α-hetero) is 1. The normalized spacial score (nSPS) is 17.2. The van der Waals surface area contributed by atoms with Crippen LogP contribution in [0.15, 0.2) is 36.9 Å². The third-order valence-electron chi connectivity index (χ3n) is 2.34. The molecular weight excluding hydrogens is 311 g/mol. The highest BCUT2D eigenvalue weighted by Crippen LogP contribution is 3.00. The fourth-order valence-corrected chi connectivity index (χ4v) is 2.61. The van der Waals surface area contributed by atoms with E-state index >= 15 is 0 Å². The zero-order chi connectivity index (χ0) is 15.0. The number of rotatable bonds is 5. The minimum atomic E-state index is -9.93. The predicted octanol–water partition coefficient (Wildman–Crippen LogP) is 5.77. The summed E-state index contributed by atoms with van der Waals surface area (Å²) in [6.45, 7) is 2.98. The summed E-state index contributed by atoms with van der Waals surface area (Å²) in [5.41, 5.74) is -0.468. The van der Waals surface area contributed by atoms with Crippen LogP contribution in [-0.4, -0.2) is 11.0 Å². The maximum absolute atomic E-state index is 12.8. The molecule has 108 valence electrons. The second-order valence-corrected chi connectivity index (χ2v) is 6.98. The molecule has 0 aliphatic carbocycles. The van der Waals surface area contributed by atoms with Gasteiger partial charge in [-0.1, -0.05) is 37.1 Å². The van der Waals surface area contributed by atoms with Crippen LogP contribution in [0.3, 0.4) is 0 Å². The van der Waals surface area contributed by atoms with E-state index < -0.39 is 33.2 Å². The van der Waals surface area contributed by atoms with E-state index in [2.05, 4.69) is 6.58 Å². The Bertz CT molecular complexity index is 508. The van der Waals surface area contributed by atoms with Crippen LogP contribution >= 0.6 is 21.8 Å². The van der Waals surface area contributed by atoms with E-state index in [0.29, 0.717) is 6.08 Å². The van der Waals surface area contributed by atoms with Crippen molar-refractivity contribution in [1.82, 2.24) is 0 Å². The smallest absolute Gasteiger partial charge is 0.293 e. The molecule has 0 amide bonds. The Balaban J connectivity index is 3.26. The molecule has 0 spiro atoms. The van der Waals surface area contributed by atoms with Crippen molar-refractivity contribution >= 4 is 27.6 Å². The molecule has 19 heavy (non-hydrogen) atoms. The summed E-state index contributed by atoms with van der Waals surface area (Å²) in [5.74, 6) is -1.68. The van der Waals surface area contributed by atoms with Crippen LogP contribution in [0.5, 0.6) is 0 Å². The molecule has 0 aliphatic heterocycles. The van der Waals surface area contributed by atoms with E-state index in [1.165, 1.54) is 0 Å². The first kappa shape index (κ1) is 16.0. The molecule has 1 atom stereocenters. The molecule has 1 rings (SSSR count). The fourth-order valence-electron chi connectivity index (χ4n) is 1.44. The zero-order valence-electron chi connectivity index (χ0n) is 9.46. The lowest BCUT2D eigenvalue weighted by atomic mass is 10.1. The van der Waals surface area contributed by atoms with Crippen LogP contribution in [0.4, 0.5) is 19.4 Å². The van der Waals surface area contributed by atoms with Crippen molar-refractivity contribution in [3.8, 4) is 0 Å². The van der Waals surface area contributed by atoms with Crippen molar-refractivity contribution in [2.24, 2.45) is 0 Å². The van der Waals surface area contributed by atoms with Gasteiger partial charge in [-0.15, -0.1) is 6.58 Å². The van der Waals surface area contributed by atoms with E-state index in [0.717, 1.165) is 24.3 Å². The molecule has 0 saturated carbocycles. The van der Waals surface area contributed by atoms with E-state index in [-0.39, 0.29) is 5.02 Å². The lowest BCUT2D eigenvalue weighted by Crippen LogP contribution is -2.33. The van der Waals surface area contributed by atoms with Crippen molar-refractivity contribution in [3.63, 3.8) is 0 Å². The van der Waals surface area contributed by atoms with Gasteiger partial charge in [-0.25, -0.2) is 0 Å². The Labute approximate surface area is 111 Å². The summed E-state index contributed by atoms with van der Waals surface area (Å²) < 4.78 is 63.9. The first-order chi connectivity index (χ1) is 8.35. The second-order valence-electron chi connectivity index (χ2n) is 3.91. The van der Waals surface area contributed by atoms with E-state index in [1.54, 1.807) is 0 Å². The molecule has 0 radical (unpaired) electrons. The average Bonchev–Trinajstić information content (AvgIpc) is 2.22. The van der Waals surface area contributed by atoms with Gasteiger partial charge in [0.15, 0.2) is 11.0 Å². The highest BCUT2D eigenvalue weighted by Gasteiger charge is 2.71. The third kappa shape index (κ3) is 4.21. The topological polar surface area (TPSA) is 17.1 Å². The molecule has 1 aromatic carbocycles. The van der Waals surface area contributed by atoms with Crippen molar-refractivity contribution in [2.45, 2.75) is 11.7 Å². The van der Waals surface area contributed by atoms with Crippen molar-refractivity contribution < 1.29 is 24.2 Å². The highest BCUT2D eigenvalue weighted by molar-refractivity contribution is 8.46. The number of halogens is 6. The predicted molar refractivity (Wildman–Crippen MR) is 67.5 cm³/mol. The van der Waals surface area contributed by atoms with Gasteiger partial charge in [-0.2, -0.15) is 0 Å². The molecule has 0 N–H and O–H groups in total. The Morgan fingerprint density at radius 2 is 1.68 bits per heavy atom. The highest BCUT2D eigenvalue weighted by atomic mass is 35.5. The molecule has 0 bridgehead atoms. The largest absolute Gasteiger partial charge is 0.295 e. The van der Waals surface area contributed by atoms with E-state index in [9.17, 15) is 24.2 Å². The summed E-state index contributed by atoms with van der Waals surface area (Å²) >= 11 is 5.51. The Morgan fingerprint density at radius 1 is 1.21 bits per heavy atom. The summed E-state index contributed by atoms with van der Waals surface area (Å²) in [7, 11) is -9.93. The van der Waals surface area contributed by atoms with Crippen molar-refractivity contribution in [2.75, 3.05) is 0 Å². The van der Waals surface area contributed by atoms with Crippen LogP contribution in [0, 0.1) is 0 Å². The fraction of sp³-hybridized carbons (Fsp3) is 0.182. The van der Waals surface area contributed by atoms with Gasteiger partial charge >= 0.3 is 0 Å².